The highest BCUT2D eigenvalue weighted by Gasteiger charge is 2.35. The number of benzene rings is 3. The van der Waals surface area contributed by atoms with E-state index in [1.54, 1.807) is 17.9 Å². The van der Waals surface area contributed by atoms with Gasteiger partial charge < -0.3 is 24.8 Å². The van der Waals surface area contributed by atoms with Crippen LogP contribution in [0.15, 0.2) is 78.0 Å². The summed E-state index contributed by atoms with van der Waals surface area (Å²) in [6.45, 7) is 11.2. The first-order valence-corrected chi connectivity index (χ1v) is 13.9. The summed E-state index contributed by atoms with van der Waals surface area (Å²) in [5.41, 5.74) is 4.82. The van der Waals surface area contributed by atoms with E-state index in [1.165, 1.54) is 5.56 Å². The van der Waals surface area contributed by atoms with Crippen LogP contribution in [-0.4, -0.2) is 39.8 Å². The topological polar surface area (TPSA) is 112 Å². The third-order valence-electron chi connectivity index (χ3n) is 7.11. The number of nitrogens with one attached hydrogen (secondary N) is 2. The Balaban J connectivity index is 1.43. The molecule has 0 bridgehead atoms. The zero-order valence-corrected chi connectivity index (χ0v) is 24.8. The molecule has 3 aromatic carbocycles. The maximum atomic E-state index is 13.8. The van der Waals surface area contributed by atoms with Crippen molar-refractivity contribution in [1.82, 2.24) is 20.2 Å². The van der Waals surface area contributed by atoms with E-state index in [9.17, 15) is 4.79 Å². The predicted molar refractivity (Wildman–Crippen MR) is 161 cm³/mol. The normalized spacial score (nSPS) is 14.6. The minimum absolute atomic E-state index is 0.0851. The van der Waals surface area contributed by atoms with Gasteiger partial charge in [0.05, 0.1) is 25.0 Å². The number of ether oxygens (including phenoxy) is 3. The second kappa shape index (κ2) is 11.9. The van der Waals surface area contributed by atoms with Gasteiger partial charge in [-0.3, -0.25) is 4.79 Å². The number of amides is 1. The summed E-state index contributed by atoms with van der Waals surface area (Å²) in [4.78, 5) is 13.8. The summed E-state index contributed by atoms with van der Waals surface area (Å²) in [5.74, 6) is 1.83. The number of para-hydroxylation sites is 2. The highest BCUT2D eigenvalue weighted by molar-refractivity contribution is 6.06. The van der Waals surface area contributed by atoms with Crippen LogP contribution in [0, 0.1) is 0 Å². The number of allylic oxidation sites excluding steroid dienone is 1. The molecule has 0 fully saturated rings. The number of hydrogen-bond acceptors (Lipinski definition) is 8. The Morgan fingerprint density at radius 2 is 1.76 bits per heavy atom. The van der Waals surface area contributed by atoms with Crippen molar-refractivity contribution in [2.24, 2.45) is 0 Å². The first-order valence-electron chi connectivity index (χ1n) is 13.9. The van der Waals surface area contributed by atoms with Crippen LogP contribution in [0.1, 0.15) is 57.4 Å². The highest BCUT2D eigenvalue weighted by Crippen LogP contribution is 2.39. The minimum Gasteiger partial charge on any atom is -0.493 e. The van der Waals surface area contributed by atoms with Gasteiger partial charge in [-0.05, 0) is 70.6 Å². The molecule has 0 aliphatic carbocycles. The second-order valence-corrected chi connectivity index (χ2v) is 11.0. The first-order chi connectivity index (χ1) is 20.2. The minimum atomic E-state index is -0.622. The van der Waals surface area contributed by atoms with Gasteiger partial charge in [0, 0.05) is 5.70 Å². The Morgan fingerprint density at radius 1 is 1.00 bits per heavy atom. The SMILES string of the molecule is CCOc1ccccc1NC(=O)C1=C(C)Nc2nnnn2C1c1ccc(OCc2ccc(C(C)(C)C)cc2)c(OC)c1. The standard InChI is InChI=1S/C32H36N6O4/c1-7-41-25-11-9-8-10-24(25)34-30(39)28-20(2)33-31-35-36-37-38(31)29(28)22-14-17-26(27(18-22)40-6)42-19-21-12-15-23(16-13-21)32(3,4)5/h8-18,29H,7,19H2,1-6H3,(H,34,39)(H,33,35,37). The van der Waals surface area contributed by atoms with E-state index in [0.29, 0.717) is 53.4 Å². The van der Waals surface area contributed by atoms with Gasteiger partial charge in [0.15, 0.2) is 11.5 Å². The zero-order chi connectivity index (χ0) is 29.9. The van der Waals surface area contributed by atoms with Gasteiger partial charge in [-0.25, -0.2) is 0 Å². The number of methoxy groups -OCH3 is 1. The maximum absolute atomic E-state index is 13.8. The summed E-state index contributed by atoms with van der Waals surface area (Å²) < 4.78 is 19.2. The quantitative estimate of drug-likeness (QED) is 0.257. The van der Waals surface area contributed by atoms with Crippen LogP contribution in [0.5, 0.6) is 17.2 Å². The smallest absolute Gasteiger partial charge is 0.255 e. The number of fused-ring (bicyclic) bond motifs is 1. The Bertz CT molecular complexity index is 1600. The Morgan fingerprint density at radius 3 is 2.48 bits per heavy atom. The van der Waals surface area contributed by atoms with E-state index in [4.69, 9.17) is 14.2 Å². The average Bonchev–Trinajstić information content (AvgIpc) is 3.44. The molecule has 10 nitrogen and oxygen atoms in total. The second-order valence-electron chi connectivity index (χ2n) is 11.0. The van der Waals surface area contributed by atoms with Gasteiger partial charge in [0.25, 0.3) is 5.91 Å². The number of rotatable bonds is 9. The van der Waals surface area contributed by atoms with Crippen molar-refractivity contribution in [3.8, 4) is 17.2 Å². The van der Waals surface area contributed by atoms with Crippen molar-refractivity contribution in [3.05, 3.63) is 94.7 Å². The number of aromatic nitrogens is 4. The summed E-state index contributed by atoms with van der Waals surface area (Å²) in [6.07, 6.45) is 0. The van der Waals surface area contributed by atoms with E-state index >= 15 is 0 Å². The third kappa shape index (κ3) is 5.93. The molecule has 1 atom stereocenters. The van der Waals surface area contributed by atoms with Crippen LogP contribution in [0.25, 0.3) is 0 Å². The van der Waals surface area contributed by atoms with Crippen LogP contribution < -0.4 is 24.8 Å². The lowest BCUT2D eigenvalue weighted by Gasteiger charge is -2.28. The molecular weight excluding hydrogens is 532 g/mol. The number of nitrogens with zero attached hydrogens (tertiary/aromatic N) is 4. The fourth-order valence-corrected chi connectivity index (χ4v) is 4.89. The van der Waals surface area contributed by atoms with Gasteiger partial charge in [-0.1, -0.05) is 68.3 Å². The molecule has 218 valence electrons. The van der Waals surface area contributed by atoms with Crippen LogP contribution in [0.3, 0.4) is 0 Å². The number of anilines is 2. The Labute approximate surface area is 245 Å². The lowest BCUT2D eigenvalue weighted by atomic mass is 9.87. The molecule has 1 unspecified atom stereocenters. The number of carbonyl (C=O) groups excluding carboxylic acids is 1. The first kappa shape index (κ1) is 28.7. The molecule has 2 N–H and O–H groups in total. The van der Waals surface area contributed by atoms with Crippen molar-refractivity contribution in [1.29, 1.82) is 0 Å². The monoisotopic (exact) mass is 568 g/mol. The summed E-state index contributed by atoms with van der Waals surface area (Å²) in [5, 5.41) is 18.3. The Hall–Kier alpha value is -4.86. The number of carbonyl (C=O) groups is 1. The van der Waals surface area contributed by atoms with E-state index in [1.807, 2.05) is 50.2 Å². The highest BCUT2D eigenvalue weighted by atomic mass is 16.5. The van der Waals surface area contributed by atoms with E-state index < -0.39 is 6.04 Å². The Kier molecular flexibility index (Phi) is 8.15. The average molecular weight is 569 g/mol. The van der Waals surface area contributed by atoms with Crippen molar-refractivity contribution in [2.45, 2.75) is 52.7 Å². The molecule has 1 amide bonds. The fraction of sp³-hybridized carbons (Fsp3) is 0.312. The summed E-state index contributed by atoms with van der Waals surface area (Å²) in [6, 6.07) is 20.7. The lowest BCUT2D eigenvalue weighted by Crippen LogP contribution is -2.31. The molecule has 42 heavy (non-hydrogen) atoms. The van der Waals surface area contributed by atoms with Crippen LogP contribution in [-0.2, 0) is 16.8 Å². The molecule has 0 saturated heterocycles. The fourth-order valence-electron chi connectivity index (χ4n) is 4.89. The van der Waals surface area contributed by atoms with Gasteiger partial charge in [-0.15, -0.1) is 0 Å². The number of tetrazole rings is 1. The van der Waals surface area contributed by atoms with E-state index in [-0.39, 0.29) is 11.3 Å². The molecular formula is C32H36N6O4. The zero-order valence-electron chi connectivity index (χ0n) is 24.8. The van der Waals surface area contributed by atoms with Crippen LogP contribution >= 0.6 is 0 Å². The largest absolute Gasteiger partial charge is 0.493 e. The van der Waals surface area contributed by atoms with Crippen molar-refractivity contribution < 1.29 is 19.0 Å². The van der Waals surface area contributed by atoms with Crippen molar-refractivity contribution >= 4 is 17.5 Å². The molecule has 10 heteroatoms. The van der Waals surface area contributed by atoms with Crippen molar-refractivity contribution in [2.75, 3.05) is 24.4 Å². The van der Waals surface area contributed by atoms with Gasteiger partial charge in [0.2, 0.25) is 5.95 Å². The van der Waals surface area contributed by atoms with Gasteiger partial charge >= 0.3 is 0 Å². The molecule has 0 saturated carbocycles. The lowest BCUT2D eigenvalue weighted by molar-refractivity contribution is -0.113. The molecule has 5 rings (SSSR count). The van der Waals surface area contributed by atoms with E-state index in [0.717, 1.165) is 11.1 Å². The van der Waals surface area contributed by atoms with E-state index in [2.05, 4.69) is 71.2 Å². The van der Waals surface area contributed by atoms with Crippen molar-refractivity contribution in [3.63, 3.8) is 0 Å². The molecule has 2 heterocycles. The van der Waals surface area contributed by atoms with Crippen LogP contribution in [0.2, 0.25) is 0 Å². The van der Waals surface area contributed by atoms with Gasteiger partial charge in [-0.2, -0.15) is 4.68 Å². The predicted octanol–water partition coefficient (Wildman–Crippen LogP) is 5.88. The van der Waals surface area contributed by atoms with Gasteiger partial charge in [0.1, 0.15) is 18.4 Å². The summed E-state index contributed by atoms with van der Waals surface area (Å²) >= 11 is 0. The molecule has 1 aliphatic heterocycles. The molecule has 1 aliphatic rings. The maximum Gasteiger partial charge on any atom is 0.255 e. The third-order valence-corrected chi connectivity index (χ3v) is 7.11. The molecule has 4 aromatic rings. The molecule has 0 spiro atoms. The number of hydrogen-bond donors (Lipinski definition) is 2. The molecule has 0 radical (unpaired) electrons. The van der Waals surface area contributed by atoms with Crippen LogP contribution in [0.4, 0.5) is 11.6 Å². The summed E-state index contributed by atoms with van der Waals surface area (Å²) in [7, 11) is 1.59. The molecule has 1 aromatic heterocycles.